The van der Waals surface area contributed by atoms with Crippen molar-refractivity contribution in [1.29, 1.82) is 0 Å². The highest BCUT2D eigenvalue weighted by Gasteiger charge is 2.32. The van der Waals surface area contributed by atoms with Crippen molar-refractivity contribution in [2.45, 2.75) is 44.3 Å². The van der Waals surface area contributed by atoms with Gasteiger partial charge in [0.1, 0.15) is 0 Å². The third kappa shape index (κ3) is 2.90. The number of fused-ring (bicyclic) bond motifs is 1. The monoisotopic (exact) mass is 291 g/mol. The van der Waals surface area contributed by atoms with E-state index in [1.165, 1.54) is 0 Å². The van der Waals surface area contributed by atoms with E-state index in [1.54, 1.807) is 18.7 Å². The summed E-state index contributed by atoms with van der Waals surface area (Å²) in [7, 11) is 0. The van der Waals surface area contributed by atoms with Gasteiger partial charge >= 0.3 is 0 Å². The maximum atomic E-state index is 12.6. The van der Waals surface area contributed by atoms with Crippen LogP contribution in [-0.2, 0) is 4.79 Å². The summed E-state index contributed by atoms with van der Waals surface area (Å²) < 4.78 is 0. The van der Waals surface area contributed by atoms with Crippen LogP contribution in [-0.4, -0.2) is 23.5 Å². The normalized spacial score (nSPS) is 18.4. The van der Waals surface area contributed by atoms with Gasteiger partial charge in [0.2, 0.25) is 5.91 Å². The minimum Gasteiger partial charge on any atom is -0.310 e. The van der Waals surface area contributed by atoms with Crippen LogP contribution in [0.5, 0.6) is 0 Å². The molecule has 0 spiro atoms. The summed E-state index contributed by atoms with van der Waals surface area (Å²) >= 11 is 1.61. The zero-order valence-corrected chi connectivity index (χ0v) is 13.3. The molecule has 1 heterocycles. The Morgan fingerprint density at radius 1 is 1.40 bits per heavy atom. The third-order valence-electron chi connectivity index (χ3n) is 3.39. The predicted octanol–water partition coefficient (Wildman–Crippen LogP) is 3.76. The molecule has 0 fully saturated rings. The molecule has 0 saturated carbocycles. The highest BCUT2D eigenvalue weighted by molar-refractivity contribution is 8.01. The minimum absolute atomic E-state index is 0.00979. The highest BCUT2D eigenvalue weighted by Crippen LogP contribution is 2.41. The van der Waals surface area contributed by atoms with E-state index in [-0.39, 0.29) is 16.9 Å². The van der Waals surface area contributed by atoms with Crippen LogP contribution in [0.1, 0.15) is 44.5 Å². The Balaban J connectivity index is 2.47. The molecule has 0 bridgehead atoms. The van der Waals surface area contributed by atoms with Crippen molar-refractivity contribution in [3.8, 4) is 0 Å². The molecule has 1 atom stereocenters. The lowest BCUT2D eigenvalue weighted by atomic mass is 10.1. The van der Waals surface area contributed by atoms with Crippen molar-refractivity contribution in [3.05, 3.63) is 23.8 Å². The van der Waals surface area contributed by atoms with Crippen LogP contribution in [0.25, 0.3) is 0 Å². The first kappa shape index (κ1) is 15.1. The summed E-state index contributed by atoms with van der Waals surface area (Å²) in [6.45, 7) is 8.50. The number of thioether (sulfide) groups is 1. The number of amides is 1. The van der Waals surface area contributed by atoms with Crippen LogP contribution >= 0.6 is 11.8 Å². The summed E-state index contributed by atoms with van der Waals surface area (Å²) in [6, 6.07) is 5.68. The van der Waals surface area contributed by atoms with Crippen molar-refractivity contribution < 1.29 is 9.59 Å². The van der Waals surface area contributed by atoms with Gasteiger partial charge in [0.25, 0.3) is 0 Å². The number of anilines is 1. The number of hydrogen-bond acceptors (Lipinski definition) is 3. The summed E-state index contributed by atoms with van der Waals surface area (Å²) in [5.41, 5.74) is 1.56. The van der Waals surface area contributed by atoms with Gasteiger partial charge in [-0.25, -0.2) is 0 Å². The van der Waals surface area contributed by atoms with Crippen molar-refractivity contribution >= 4 is 29.1 Å². The number of nitrogens with zero attached hydrogens (tertiary/aromatic N) is 1. The number of ketones is 1. The van der Waals surface area contributed by atoms with Gasteiger partial charge in [-0.3, -0.25) is 9.59 Å². The Morgan fingerprint density at radius 3 is 2.65 bits per heavy atom. The van der Waals surface area contributed by atoms with E-state index in [1.807, 2.05) is 30.0 Å². The predicted molar refractivity (Wildman–Crippen MR) is 83.6 cm³/mol. The first-order valence-electron chi connectivity index (χ1n) is 7.07. The Hall–Kier alpha value is -1.29. The van der Waals surface area contributed by atoms with Crippen LogP contribution in [0.3, 0.4) is 0 Å². The lowest BCUT2D eigenvalue weighted by Crippen LogP contribution is -2.42. The van der Waals surface area contributed by atoms with Crippen LogP contribution < -0.4 is 4.90 Å². The number of benzene rings is 1. The molecule has 1 aliphatic rings. The average molecular weight is 291 g/mol. The number of rotatable bonds is 4. The van der Waals surface area contributed by atoms with Crippen molar-refractivity contribution in [2.24, 2.45) is 5.92 Å². The van der Waals surface area contributed by atoms with E-state index < -0.39 is 0 Å². The largest absolute Gasteiger partial charge is 0.310 e. The smallest absolute Gasteiger partial charge is 0.240 e. The second-order valence-corrected chi connectivity index (χ2v) is 6.84. The lowest BCUT2D eigenvalue weighted by molar-refractivity contribution is -0.118. The fourth-order valence-electron chi connectivity index (χ4n) is 2.35. The fourth-order valence-corrected chi connectivity index (χ4v) is 3.49. The van der Waals surface area contributed by atoms with Crippen molar-refractivity contribution in [2.75, 3.05) is 11.4 Å². The highest BCUT2D eigenvalue weighted by atomic mass is 32.2. The molecular formula is C16H21NO2S. The number of carbonyl (C=O) groups excluding carboxylic acids is 2. The molecule has 108 valence electrons. The topological polar surface area (TPSA) is 37.4 Å². The molecule has 0 aliphatic carbocycles. The number of hydrogen-bond donors (Lipinski definition) is 0. The Labute approximate surface area is 124 Å². The Kier molecular flexibility index (Phi) is 4.53. The van der Waals surface area contributed by atoms with Crippen molar-refractivity contribution in [1.82, 2.24) is 0 Å². The van der Waals surface area contributed by atoms with Crippen LogP contribution in [0, 0.1) is 5.92 Å². The molecule has 0 N–H and O–H groups in total. The number of carbonyl (C=O) groups is 2. The van der Waals surface area contributed by atoms with E-state index in [0.717, 1.165) is 17.0 Å². The quantitative estimate of drug-likeness (QED) is 0.793. The van der Waals surface area contributed by atoms with Gasteiger partial charge in [-0.15, -0.1) is 11.8 Å². The molecule has 1 aromatic rings. The summed E-state index contributed by atoms with van der Waals surface area (Å²) in [4.78, 5) is 27.1. The lowest BCUT2D eigenvalue weighted by Gasteiger charge is -2.34. The van der Waals surface area contributed by atoms with Gasteiger partial charge in [-0.2, -0.15) is 0 Å². The van der Waals surface area contributed by atoms with Crippen molar-refractivity contribution in [3.63, 3.8) is 0 Å². The van der Waals surface area contributed by atoms with Gasteiger partial charge in [0.15, 0.2) is 5.78 Å². The number of Topliss-reactive ketones (excluding diaryl/α,β-unsaturated/α-hetero) is 1. The molecule has 1 aliphatic heterocycles. The molecule has 0 aromatic heterocycles. The Morgan fingerprint density at radius 2 is 2.10 bits per heavy atom. The van der Waals surface area contributed by atoms with E-state index in [0.29, 0.717) is 18.0 Å². The second-order valence-electron chi connectivity index (χ2n) is 5.60. The van der Waals surface area contributed by atoms with E-state index in [4.69, 9.17) is 0 Å². The van der Waals surface area contributed by atoms with Gasteiger partial charge in [0, 0.05) is 17.0 Å². The third-order valence-corrected chi connectivity index (χ3v) is 4.80. The Bertz CT molecular complexity index is 539. The first-order valence-corrected chi connectivity index (χ1v) is 7.95. The fraction of sp³-hybridized carbons (Fsp3) is 0.500. The average Bonchev–Trinajstić information content (AvgIpc) is 2.40. The summed E-state index contributed by atoms with van der Waals surface area (Å²) in [5, 5.41) is -0.00979. The molecule has 2 rings (SSSR count). The SMILES string of the molecule is CCC1Sc2ccc(C(C)=O)cc2N(CC(C)C)C1=O. The molecule has 1 amide bonds. The van der Waals surface area contributed by atoms with Crippen LogP contribution in [0.2, 0.25) is 0 Å². The second kappa shape index (κ2) is 6.00. The maximum Gasteiger partial charge on any atom is 0.240 e. The summed E-state index contributed by atoms with van der Waals surface area (Å²) in [5.74, 6) is 0.597. The van der Waals surface area contributed by atoms with Crippen LogP contribution in [0.15, 0.2) is 23.1 Å². The van der Waals surface area contributed by atoms with E-state index in [2.05, 4.69) is 13.8 Å². The van der Waals surface area contributed by atoms with E-state index in [9.17, 15) is 9.59 Å². The van der Waals surface area contributed by atoms with Gasteiger partial charge in [-0.05, 0) is 31.4 Å². The molecule has 4 heteroatoms. The van der Waals surface area contributed by atoms with Gasteiger partial charge in [-0.1, -0.05) is 26.8 Å². The first-order chi connectivity index (χ1) is 9.43. The van der Waals surface area contributed by atoms with Crippen LogP contribution in [0.4, 0.5) is 5.69 Å². The molecular weight excluding hydrogens is 270 g/mol. The summed E-state index contributed by atoms with van der Waals surface area (Å²) in [6.07, 6.45) is 0.825. The molecule has 0 radical (unpaired) electrons. The molecule has 1 unspecified atom stereocenters. The zero-order chi connectivity index (χ0) is 14.9. The van der Waals surface area contributed by atoms with Gasteiger partial charge in [0.05, 0.1) is 10.9 Å². The standard InChI is InChI=1S/C16H21NO2S/c1-5-14-16(19)17(9-10(2)3)13-8-12(11(4)18)6-7-15(13)20-14/h6-8,10,14H,5,9H2,1-4H3. The minimum atomic E-state index is -0.00979. The van der Waals surface area contributed by atoms with E-state index >= 15 is 0 Å². The maximum absolute atomic E-state index is 12.6. The van der Waals surface area contributed by atoms with Gasteiger partial charge < -0.3 is 4.90 Å². The molecule has 0 saturated heterocycles. The molecule has 1 aromatic carbocycles. The molecule has 20 heavy (non-hydrogen) atoms. The molecule has 3 nitrogen and oxygen atoms in total. The zero-order valence-electron chi connectivity index (χ0n) is 12.5.